The Morgan fingerprint density at radius 3 is 2.38 bits per heavy atom. The molecule has 0 bridgehead atoms. The molecule has 2 aromatic carbocycles. The van der Waals surface area contributed by atoms with E-state index in [0.29, 0.717) is 30.2 Å². The van der Waals surface area contributed by atoms with E-state index in [1.165, 1.54) is 0 Å². The predicted octanol–water partition coefficient (Wildman–Crippen LogP) is 3.70. The summed E-state index contributed by atoms with van der Waals surface area (Å²) >= 11 is 0. The summed E-state index contributed by atoms with van der Waals surface area (Å²) in [6, 6.07) is 20.0. The van der Waals surface area contributed by atoms with E-state index in [0.717, 1.165) is 11.8 Å². The number of carbonyl (C=O) groups excluding carboxylic acids is 2. The summed E-state index contributed by atoms with van der Waals surface area (Å²) in [5, 5.41) is 0. The van der Waals surface area contributed by atoms with Crippen molar-refractivity contribution < 1.29 is 18.7 Å². The molecule has 5 nitrogen and oxygen atoms in total. The third kappa shape index (κ3) is 4.83. The molecule has 26 heavy (non-hydrogen) atoms. The SMILES string of the molecule is O=Cc1ccc(OCC(=O)N(Cc2ccccc2)Cc2ccco2)cc1. The topological polar surface area (TPSA) is 59.8 Å². The smallest absolute Gasteiger partial charge is 0.261 e. The van der Waals surface area contributed by atoms with Crippen molar-refractivity contribution in [3.8, 4) is 5.75 Å². The van der Waals surface area contributed by atoms with Gasteiger partial charge in [-0.3, -0.25) is 9.59 Å². The van der Waals surface area contributed by atoms with Crippen LogP contribution in [0.4, 0.5) is 0 Å². The molecule has 1 heterocycles. The molecule has 1 aromatic heterocycles. The summed E-state index contributed by atoms with van der Waals surface area (Å²) in [4.78, 5) is 25.0. The lowest BCUT2D eigenvalue weighted by Crippen LogP contribution is -2.34. The van der Waals surface area contributed by atoms with Crippen LogP contribution in [0, 0.1) is 0 Å². The summed E-state index contributed by atoms with van der Waals surface area (Å²) in [6.45, 7) is 0.746. The highest BCUT2D eigenvalue weighted by Gasteiger charge is 2.16. The first kappa shape index (κ1) is 17.5. The number of furan rings is 1. The van der Waals surface area contributed by atoms with Gasteiger partial charge in [0.15, 0.2) is 6.61 Å². The first-order chi connectivity index (χ1) is 12.7. The average molecular weight is 349 g/mol. The number of hydrogen-bond donors (Lipinski definition) is 0. The van der Waals surface area contributed by atoms with Crippen molar-refractivity contribution in [1.29, 1.82) is 0 Å². The molecule has 0 atom stereocenters. The zero-order chi connectivity index (χ0) is 18.2. The second kappa shape index (κ2) is 8.67. The van der Waals surface area contributed by atoms with Crippen LogP contribution in [-0.2, 0) is 17.9 Å². The number of aldehydes is 1. The summed E-state index contributed by atoms with van der Waals surface area (Å²) < 4.78 is 10.9. The number of nitrogens with zero attached hydrogens (tertiary/aromatic N) is 1. The summed E-state index contributed by atoms with van der Waals surface area (Å²) in [6.07, 6.45) is 2.35. The van der Waals surface area contributed by atoms with E-state index >= 15 is 0 Å². The molecular weight excluding hydrogens is 330 g/mol. The molecule has 0 aliphatic carbocycles. The molecule has 0 N–H and O–H groups in total. The van der Waals surface area contributed by atoms with Crippen molar-refractivity contribution in [3.63, 3.8) is 0 Å². The normalized spacial score (nSPS) is 10.3. The Labute approximate surface area is 151 Å². The van der Waals surface area contributed by atoms with E-state index in [-0.39, 0.29) is 12.5 Å². The maximum atomic E-state index is 12.7. The Bertz CT molecular complexity index is 826. The number of benzene rings is 2. The van der Waals surface area contributed by atoms with E-state index in [4.69, 9.17) is 9.15 Å². The van der Waals surface area contributed by atoms with Gasteiger partial charge in [0.2, 0.25) is 0 Å². The monoisotopic (exact) mass is 349 g/mol. The largest absolute Gasteiger partial charge is 0.484 e. The van der Waals surface area contributed by atoms with Crippen LogP contribution in [0.1, 0.15) is 21.7 Å². The third-order valence-corrected chi connectivity index (χ3v) is 3.87. The molecular formula is C21H19NO4. The Morgan fingerprint density at radius 1 is 0.962 bits per heavy atom. The zero-order valence-electron chi connectivity index (χ0n) is 14.2. The maximum Gasteiger partial charge on any atom is 0.261 e. The van der Waals surface area contributed by atoms with Crippen LogP contribution in [-0.4, -0.2) is 23.7 Å². The van der Waals surface area contributed by atoms with Crippen LogP contribution in [0.25, 0.3) is 0 Å². The Balaban J connectivity index is 1.65. The van der Waals surface area contributed by atoms with Gasteiger partial charge in [-0.25, -0.2) is 0 Å². The summed E-state index contributed by atoms with van der Waals surface area (Å²) in [5.74, 6) is 1.11. The molecule has 5 heteroatoms. The van der Waals surface area contributed by atoms with Crippen LogP contribution in [0.3, 0.4) is 0 Å². The lowest BCUT2D eigenvalue weighted by molar-refractivity contribution is -0.134. The minimum Gasteiger partial charge on any atom is -0.484 e. The minimum absolute atomic E-state index is 0.0893. The summed E-state index contributed by atoms with van der Waals surface area (Å²) in [7, 11) is 0. The van der Waals surface area contributed by atoms with Crippen molar-refractivity contribution in [1.82, 2.24) is 4.90 Å². The predicted molar refractivity (Wildman–Crippen MR) is 96.7 cm³/mol. The average Bonchev–Trinajstić information content (AvgIpc) is 3.20. The van der Waals surface area contributed by atoms with E-state index in [1.807, 2.05) is 36.4 Å². The van der Waals surface area contributed by atoms with Crippen molar-refractivity contribution in [2.45, 2.75) is 13.1 Å². The number of ether oxygens (including phenoxy) is 1. The number of carbonyl (C=O) groups is 2. The lowest BCUT2D eigenvalue weighted by atomic mass is 10.2. The van der Waals surface area contributed by atoms with E-state index < -0.39 is 0 Å². The van der Waals surface area contributed by atoms with Crippen LogP contribution in [0.2, 0.25) is 0 Å². The fourth-order valence-corrected chi connectivity index (χ4v) is 2.51. The fourth-order valence-electron chi connectivity index (χ4n) is 2.51. The molecule has 0 saturated carbocycles. The number of hydrogen-bond acceptors (Lipinski definition) is 4. The Morgan fingerprint density at radius 2 is 1.73 bits per heavy atom. The molecule has 0 radical (unpaired) electrons. The van der Waals surface area contributed by atoms with Gasteiger partial charge in [0.05, 0.1) is 12.8 Å². The van der Waals surface area contributed by atoms with E-state index in [1.54, 1.807) is 41.5 Å². The van der Waals surface area contributed by atoms with Crippen LogP contribution < -0.4 is 4.74 Å². The Hall–Kier alpha value is -3.34. The van der Waals surface area contributed by atoms with Gasteiger partial charge in [0, 0.05) is 12.1 Å². The molecule has 0 unspecified atom stereocenters. The molecule has 3 rings (SSSR count). The summed E-state index contributed by atoms with van der Waals surface area (Å²) in [5.41, 5.74) is 1.59. The van der Waals surface area contributed by atoms with Gasteiger partial charge in [-0.15, -0.1) is 0 Å². The van der Waals surface area contributed by atoms with Crippen molar-refractivity contribution in [2.75, 3.05) is 6.61 Å². The molecule has 3 aromatic rings. The third-order valence-electron chi connectivity index (χ3n) is 3.87. The maximum absolute atomic E-state index is 12.7. The Kier molecular flexibility index (Phi) is 5.83. The molecule has 0 fully saturated rings. The van der Waals surface area contributed by atoms with Gasteiger partial charge >= 0.3 is 0 Å². The van der Waals surface area contributed by atoms with E-state index in [9.17, 15) is 9.59 Å². The molecule has 0 aliphatic rings. The lowest BCUT2D eigenvalue weighted by Gasteiger charge is -2.22. The van der Waals surface area contributed by atoms with Crippen LogP contribution >= 0.6 is 0 Å². The molecule has 0 spiro atoms. The van der Waals surface area contributed by atoms with Crippen molar-refractivity contribution >= 4 is 12.2 Å². The quantitative estimate of drug-likeness (QED) is 0.582. The fraction of sp³-hybridized carbons (Fsp3) is 0.143. The highest BCUT2D eigenvalue weighted by molar-refractivity contribution is 5.78. The first-order valence-electron chi connectivity index (χ1n) is 8.27. The highest BCUT2D eigenvalue weighted by atomic mass is 16.5. The van der Waals surface area contributed by atoms with Crippen molar-refractivity contribution in [3.05, 3.63) is 89.9 Å². The molecule has 1 amide bonds. The molecule has 0 aliphatic heterocycles. The minimum atomic E-state index is -0.148. The second-order valence-electron chi connectivity index (χ2n) is 5.79. The number of amides is 1. The van der Waals surface area contributed by atoms with E-state index in [2.05, 4.69) is 0 Å². The second-order valence-corrected chi connectivity index (χ2v) is 5.79. The van der Waals surface area contributed by atoms with Gasteiger partial charge in [0.1, 0.15) is 17.8 Å². The standard InChI is InChI=1S/C21H19NO4/c23-15-18-8-10-19(11-9-18)26-16-21(24)22(14-20-7-4-12-25-20)13-17-5-2-1-3-6-17/h1-12,15H,13-14,16H2. The van der Waals surface area contributed by atoms with Gasteiger partial charge < -0.3 is 14.1 Å². The highest BCUT2D eigenvalue weighted by Crippen LogP contribution is 2.14. The van der Waals surface area contributed by atoms with Crippen LogP contribution in [0.15, 0.2) is 77.4 Å². The van der Waals surface area contributed by atoms with Crippen molar-refractivity contribution in [2.24, 2.45) is 0 Å². The zero-order valence-corrected chi connectivity index (χ0v) is 14.2. The number of rotatable bonds is 8. The van der Waals surface area contributed by atoms with Gasteiger partial charge in [0.25, 0.3) is 5.91 Å². The van der Waals surface area contributed by atoms with Gasteiger partial charge in [-0.05, 0) is 42.0 Å². The molecule has 132 valence electrons. The van der Waals surface area contributed by atoms with Gasteiger partial charge in [-0.1, -0.05) is 30.3 Å². The van der Waals surface area contributed by atoms with Crippen LogP contribution in [0.5, 0.6) is 5.75 Å². The molecule has 0 saturated heterocycles. The van der Waals surface area contributed by atoms with Gasteiger partial charge in [-0.2, -0.15) is 0 Å². The first-order valence-corrected chi connectivity index (χ1v) is 8.27.